The van der Waals surface area contributed by atoms with E-state index in [4.69, 9.17) is 12.2 Å². The van der Waals surface area contributed by atoms with Crippen molar-refractivity contribution >= 4 is 22.9 Å². The van der Waals surface area contributed by atoms with Crippen LogP contribution >= 0.6 is 12.2 Å². The summed E-state index contributed by atoms with van der Waals surface area (Å²) in [4.78, 5) is 12.4. The maximum absolute atomic E-state index is 11.4. The molecule has 80 valence electrons. The standard InChI is InChI=1S/C12H20OS/c1-8(13)10-7-9(12(2,3)4)5-6-11(10)14/h9-10H,5-7H2,1-4H3. The van der Waals surface area contributed by atoms with Crippen molar-refractivity contribution in [2.24, 2.45) is 17.3 Å². The molecule has 2 heteroatoms. The van der Waals surface area contributed by atoms with Gasteiger partial charge in [-0.15, -0.1) is 0 Å². The number of rotatable bonds is 1. The lowest BCUT2D eigenvalue weighted by atomic mass is 9.68. The van der Waals surface area contributed by atoms with Gasteiger partial charge in [0.2, 0.25) is 0 Å². The predicted molar refractivity (Wildman–Crippen MR) is 63.6 cm³/mol. The van der Waals surface area contributed by atoms with Crippen LogP contribution < -0.4 is 0 Å². The summed E-state index contributed by atoms with van der Waals surface area (Å²) >= 11 is 5.26. The molecule has 0 saturated heterocycles. The third-order valence-corrected chi connectivity index (χ3v) is 3.85. The summed E-state index contributed by atoms with van der Waals surface area (Å²) in [6.07, 6.45) is 3.09. The van der Waals surface area contributed by atoms with E-state index in [1.165, 1.54) is 0 Å². The Balaban J connectivity index is 2.72. The Morgan fingerprint density at radius 1 is 1.43 bits per heavy atom. The van der Waals surface area contributed by atoms with Gasteiger partial charge in [-0.3, -0.25) is 4.79 Å². The van der Waals surface area contributed by atoms with Crippen LogP contribution in [0, 0.1) is 17.3 Å². The van der Waals surface area contributed by atoms with Gasteiger partial charge < -0.3 is 0 Å². The fourth-order valence-electron chi connectivity index (χ4n) is 2.20. The molecular weight excluding hydrogens is 192 g/mol. The summed E-state index contributed by atoms with van der Waals surface area (Å²) in [5, 5.41) is 0. The largest absolute Gasteiger partial charge is 0.299 e. The molecule has 0 aliphatic heterocycles. The zero-order valence-corrected chi connectivity index (χ0v) is 10.4. The van der Waals surface area contributed by atoms with E-state index in [1.807, 2.05) is 0 Å². The molecule has 0 bridgehead atoms. The van der Waals surface area contributed by atoms with E-state index in [9.17, 15) is 4.79 Å². The zero-order chi connectivity index (χ0) is 10.9. The number of hydrogen-bond acceptors (Lipinski definition) is 2. The van der Waals surface area contributed by atoms with Gasteiger partial charge in [-0.1, -0.05) is 33.0 Å². The molecule has 2 unspecified atom stereocenters. The number of carbonyl (C=O) groups excluding carboxylic acids is 1. The van der Waals surface area contributed by atoms with Crippen molar-refractivity contribution in [3.63, 3.8) is 0 Å². The van der Waals surface area contributed by atoms with E-state index in [-0.39, 0.29) is 11.7 Å². The second-order valence-corrected chi connectivity index (χ2v) is 5.99. The minimum Gasteiger partial charge on any atom is -0.299 e. The molecule has 1 fully saturated rings. The van der Waals surface area contributed by atoms with Gasteiger partial charge in [0.15, 0.2) is 0 Å². The van der Waals surface area contributed by atoms with Gasteiger partial charge in [-0.05, 0) is 37.5 Å². The Bertz CT molecular complexity index is 250. The summed E-state index contributed by atoms with van der Waals surface area (Å²) in [6.45, 7) is 8.43. The average Bonchev–Trinajstić information content (AvgIpc) is 2.02. The van der Waals surface area contributed by atoms with Crippen molar-refractivity contribution in [2.75, 3.05) is 0 Å². The van der Waals surface area contributed by atoms with E-state index >= 15 is 0 Å². The van der Waals surface area contributed by atoms with Crippen molar-refractivity contribution in [1.29, 1.82) is 0 Å². The molecule has 1 nitrogen and oxygen atoms in total. The quantitative estimate of drug-likeness (QED) is 0.620. The van der Waals surface area contributed by atoms with Crippen LogP contribution in [0.15, 0.2) is 0 Å². The first-order valence-corrected chi connectivity index (χ1v) is 5.76. The lowest BCUT2D eigenvalue weighted by molar-refractivity contribution is -0.119. The topological polar surface area (TPSA) is 17.1 Å². The Morgan fingerprint density at radius 3 is 2.43 bits per heavy atom. The Kier molecular flexibility index (Phi) is 3.46. The number of carbonyl (C=O) groups is 1. The van der Waals surface area contributed by atoms with Crippen LogP contribution in [-0.2, 0) is 4.79 Å². The number of Topliss-reactive ketones (excluding diaryl/α,β-unsaturated/α-hetero) is 1. The van der Waals surface area contributed by atoms with Crippen molar-refractivity contribution in [3.05, 3.63) is 0 Å². The first kappa shape index (κ1) is 11.8. The second kappa shape index (κ2) is 4.09. The smallest absolute Gasteiger partial charge is 0.137 e. The lowest BCUT2D eigenvalue weighted by Crippen LogP contribution is -2.34. The van der Waals surface area contributed by atoms with Crippen molar-refractivity contribution in [2.45, 2.75) is 47.0 Å². The highest BCUT2D eigenvalue weighted by atomic mass is 32.1. The molecule has 0 heterocycles. The van der Waals surface area contributed by atoms with E-state index in [0.717, 1.165) is 24.1 Å². The first-order chi connectivity index (χ1) is 6.32. The maximum Gasteiger partial charge on any atom is 0.137 e. The maximum atomic E-state index is 11.4. The monoisotopic (exact) mass is 212 g/mol. The van der Waals surface area contributed by atoms with Gasteiger partial charge in [0, 0.05) is 10.8 Å². The summed E-state index contributed by atoms with van der Waals surface area (Å²) in [5.41, 5.74) is 0.309. The van der Waals surface area contributed by atoms with Crippen LogP contribution in [0.1, 0.15) is 47.0 Å². The normalized spacial score (nSPS) is 29.0. The SMILES string of the molecule is CC(=O)C1CC(C(C)(C)C)CCC1=S. The van der Waals surface area contributed by atoms with Crippen LogP contribution in [0.4, 0.5) is 0 Å². The third kappa shape index (κ3) is 2.63. The van der Waals surface area contributed by atoms with Crippen molar-refractivity contribution in [1.82, 2.24) is 0 Å². The molecule has 1 rings (SSSR count). The first-order valence-electron chi connectivity index (χ1n) is 5.35. The molecule has 0 spiro atoms. The summed E-state index contributed by atoms with van der Waals surface area (Å²) in [5.74, 6) is 0.954. The van der Waals surface area contributed by atoms with Gasteiger partial charge >= 0.3 is 0 Å². The van der Waals surface area contributed by atoms with Gasteiger partial charge in [0.05, 0.1) is 0 Å². The predicted octanol–water partition coefficient (Wildman–Crippen LogP) is 3.41. The number of hydrogen-bond donors (Lipinski definition) is 0. The van der Waals surface area contributed by atoms with Gasteiger partial charge in [0.1, 0.15) is 5.78 Å². The zero-order valence-electron chi connectivity index (χ0n) is 9.59. The second-order valence-electron chi connectivity index (χ2n) is 5.47. The molecule has 0 aromatic rings. The summed E-state index contributed by atoms with van der Waals surface area (Å²) in [7, 11) is 0. The number of ketones is 1. The Hall–Kier alpha value is -0.240. The summed E-state index contributed by atoms with van der Waals surface area (Å²) in [6, 6.07) is 0. The molecule has 0 radical (unpaired) electrons. The van der Waals surface area contributed by atoms with Crippen LogP contribution in [0.25, 0.3) is 0 Å². The van der Waals surface area contributed by atoms with Crippen LogP contribution in [0.3, 0.4) is 0 Å². The van der Waals surface area contributed by atoms with Crippen LogP contribution in [0.5, 0.6) is 0 Å². The highest BCUT2D eigenvalue weighted by Gasteiger charge is 2.34. The molecular formula is C12H20OS. The van der Waals surface area contributed by atoms with E-state index in [2.05, 4.69) is 20.8 Å². The van der Waals surface area contributed by atoms with E-state index in [1.54, 1.807) is 6.92 Å². The fraction of sp³-hybridized carbons (Fsp3) is 0.833. The van der Waals surface area contributed by atoms with E-state index in [0.29, 0.717) is 11.3 Å². The van der Waals surface area contributed by atoms with Crippen molar-refractivity contribution in [3.8, 4) is 0 Å². The molecule has 2 atom stereocenters. The molecule has 14 heavy (non-hydrogen) atoms. The van der Waals surface area contributed by atoms with Gasteiger partial charge in [0.25, 0.3) is 0 Å². The molecule has 1 aliphatic rings. The molecule has 0 aromatic carbocycles. The molecule has 1 saturated carbocycles. The molecule has 0 N–H and O–H groups in total. The Labute approximate surface area is 92.3 Å². The van der Waals surface area contributed by atoms with Crippen LogP contribution in [0.2, 0.25) is 0 Å². The van der Waals surface area contributed by atoms with Gasteiger partial charge in [-0.2, -0.15) is 0 Å². The van der Waals surface area contributed by atoms with Crippen LogP contribution in [-0.4, -0.2) is 10.6 Å². The lowest BCUT2D eigenvalue weighted by Gasteiger charge is -2.37. The molecule has 0 aromatic heterocycles. The highest BCUT2D eigenvalue weighted by Crippen LogP contribution is 2.39. The summed E-state index contributed by atoms with van der Waals surface area (Å²) < 4.78 is 0. The third-order valence-electron chi connectivity index (χ3n) is 3.36. The minimum atomic E-state index is 0.0583. The Morgan fingerprint density at radius 2 is 2.00 bits per heavy atom. The van der Waals surface area contributed by atoms with Crippen molar-refractivity contribution < 1.29 is 4.79 Å². The van der Waals surface area contributed by atoms with Gasteiger partial charge in [-0.25, -0.2) is 0 Å². The average molecular weight is 212 g/mol. The number of thiocarbonyl (C=S) groups is 1. The molecule has 0 amide bonds. The van der Waals surface area contributed by atoms with E-state index < -0.39 is 0 Å². The fourth-order valence-corrected chi connectivity index (χ4v) is 2.58. The minimum absolute atomic E-state index is 0.0583. The highest BCUT2D eigenvalue weighted by molar-refractivity contribution is 7.80. The molecule has 1 aliphatic carbocycles.